The lowest BCUT2D eigenvalue weighted by molar-refractivity contribution is -0.114. The molecule has 0 aliphatic heterocycles. The molecule has 0 N–H and O–H groups in total. The fraction of sp³-hybridized carbons (Fsp3) is 0.182. The number of rotatable bonds is 3. The van der Waals surface area contributed by atoms with E-state index < -0.39 is 0 Å². The SMILES string of the molecule is C=CC(=O)Cc1ccc(C)cc1Br. The molecule has 0 aromatic heterocycles. The average Bonchev–Trinajstić information content (AvgIpc) is 2.09. The molecule has 0 aliphatic rings. The third-order valence-corrected chi connectivity index (χ3v) is 2.54. The second-order valence-corrected chi connectivity index (χ2v) is 3.80. The number of benzene rings is 1. The van der Waals surface area contributed by atoms with Crippen LogP contribution in [0.2, 0.25) is 0 Å². The van der Waals surface area contributed by atoms with Crippen LogP contribution < -0.4 is 0 Å². The molecule has 13 heavy (non-hydrogen) atoms. The zero-order chi connectivity index (χ0) is 9.84. The Morgan fingerprint density at radius 3 is 2.85 bits per heavy atom. The third-order valence-electron chi connectivity index (χ3n) is 1.80. The summed E-state index contributed by atoms with van der Waals surface area (Å²) < 4.78 is 0.989. The Hall–Kier alpha value is -0.890. The standard InChI is InChI=1S/C11H11BrO/c1-3-10(13)7-9-5-4-8(2)6-11(9)12/h3-6H,1,7H2,2H3. The van der Waals surface area contributed by atoms with Gasteiger partial charge in [-0.05, 0) is 30.2 Å². The summed E-state index contributed by atoms with van der Waals surface area (Å²) >= 11 is 3.42. The van der Waals surface area contributed by atoms with Crippen molar-refractivity contribution in [1.29, 1.82) is 0 Å². The van der Waals surface area contributed by atoms with Gasteiger partial charge < -0.3 is 0 Å². The average molecular weight is 239 g/mol. The first-order valence-corrected chi connectivity index (χ1v) is 4.83. The molecule has 1 nitrogen and oxygen atoms in total. The maximum atomic E-state index is 11.1. The molecule has 0 amide bonds. The highest BCUT2D eigenvalue weighted by molar-refractivity contribution is 9.10. The first-order chi connectivity index (χ1) is 6.13. The van der Waals surface area contributed by atoms with Gasteiger partial charge in [0.05, 0.1) is 0 Å². The summed E-state index contributed by atoms with van der Waals surface area (Å²) in [6, 6.07) is 5.96. The topological polar surface area (TPSA) is 17.1 Å². The molecule has 0 bridgehead atoms. The van der Waals surface area contributed by atoms with E-state index in [1.165, 1.54) is 11.6 Å². The predicted molar refractivity (Wildman–Crippen MR) is 57.8 cm³/mol. The van der Waals surface area contributed by atoms with Crippen molar-refractivity contribution in [3.8, 4) is 0 Å². The minimum absolute atomic E-state index is 0.0459. The Morgan fingerprint density at radius 1 is 1.62 bits per heavy atom. The highest BCUT2D eigenvalue weighted by Gasteiger charge is 2.03. The van der Waals surface area contributed by atoms with Gasteiger partial charge in [-0.15, -0.1) is 0 Å². The monoisotopic (exact) mass is 238 g/mol. The number of carbonyl (C=O) groups is 1. The number of halogens is 1. The lowest BCUT2D eigenvalue weighted by Gasteiger charge is -2.02. The Labute approximate surface area is 86.6 Å². The number of hydrogen-bond acceptors (Lipinski definition) is 1. The van der Waals surface area contributed by atoms with Crippen LogP contribution in [0.25, 0.3) is 0 Å². The minimum Gasteiger partial charge on any atom is -0.295 e. The highest BCUT2D eigenvalue weighted by Crippen LogP contribution is 2.18. The molecular formula is C11H11BrO. The van der Waals surface area contributed by atoms with Crippen LogP contribution in [0.1, 0.15) is 11.1 Å². The summed E-state index contributed by atoms with van der Waals surface area (Å²) in [5, 5.41) is 0. The van der Waals surface area contributed by atoms with Crippen molar-refractivity contribution in [2.45, 2.75) is 13.3 Å². The van der Waals surface area contributed by atoms with Gasteiger partial charge in [0.15, 0.2) is 5.78 Å². The Bertz CT molecular complexity index is 342. The summed E-state index contributed by atoms with van der Waals surface area (Å²) in [7, 11) is 0. The van der Waals surface area contributed by atoms with E-state index in [0.717, 1.165) is 10.0 Å². The number of hydrogen-bond donors (Lipinski definition) is 0. The van der Waals surface area contributed by atoms with Gasteiger partial charge in [-0.2, -0.15) is 0 Å². The predicted octanol–water partition coefficient (Wildman–Crippen LogP) is 3.06. The van der Waals surface area contributed by atoms with Crippen LogP contribution in [0.3, 0.4) is 0 Å². The van der Waals surface area contributed by atoms with Gasteiger partial charge in [-0.25, -0.2) is 0 Å². The Balaban J connectivity index is 2.89. The van der Waals surface area contributed by atoms with Crippen molar-refractivity contribution in [2.75, 3.05) is 0 Å². The molecule has 0 atom stereocenters. The number of allylic oxidation sites excluding steroid dienone is 1. The van der Waals surface area contributed by atoms with Crippen molar-refractivity contribution >= 4 is 21.7 Å². The van der Waals surface area contributed by atoms with Crippen molar-refractivity contribution in [1.82, 2.24) is 0 Å². The second kappa shape index (κ2) is 4.38. The molecule has 0 radical (unpaired) electrons. The van der Waals surface area contributed by atoms with Crippen molar-refractivity contribution in [2.24, 2.45) is 0 Å². The van der Waals surface area contributed by atoms with Crippen LogP contribution >= 0.6 is 15.9 Å². The fourth-order valence-electron chi connectivity index (χ4n) is 1.06. The summed E-state index contributed by atoms with van der Waals surface area (Å²) in [5.41, 5.74) is 2.19. The first-order valence-electron chi connectivity index (χ1n) is 4.04. The van der Waals surface area contributed by atoms with E-state index in [4.69, 9.17) is 0 Å². The summed E-state index contributed by atoms with van der Waals surface area (Å²) in [5.74, 6) is 0.0459. The molecule has 1 aromatic carbocycles. The van der Waals surface area contributed by atoms with Gasteiger partial charge in [0.2, 0.25) is 0 Å². The van der Waals surface area contributed by atoms with Gasteiger partial charge >= 0.3 is 0 Å². The van der Waals surface area contributed by atoms with Crippen LogP contribution in [0.4, 0.5) is 0 Å². The number of aryl methyl sites for hydroxylation is 1. The molecule has 0 saturated carbocycles. The van der Waals surface area contributed by atoms with Gasteiger partial charge in [0, 0.05) is 10.9 Å². The quantitative estimate of drug-likeness (QED) is 0.741. The molecule has 0 saturated heterocycles. The summed E-state index contributed by atoms with van der Waals surface area (Å²) in [6.07, 6.45) is 1.77. The maximum Gasteiger partial charge on any atom is 0.159 e. The lowest BCUT2D eigenvalue weighted by Crippen LogP contribution is -1.98. The van der Waals surface area contributed by atoms with Crippen LogP contribution in [0.5, 0.6) is 0 Å². The van der Waals surface area contributed by atoms with E-state index >= 15 is 0 Å². The van der Waals surface area contributed by atoms with Gasteiger partial charge in [0.1, 0.15) is 0 Å². The fourth-order valence-corrected chi connectivity index (χ4v) is 1.69. The van der Waals surface area contributed by atoms with Crippen LogP contribution in [-0.4, -0.2) is 5.78 Å². The van der Waals surface area contributed by atoms with Gasteiger partial charge in [-0.3, -0.25) is 4.79 Å². The van der Waals surface area contributed by atoms with E-state index in [2.05, 4.69) is 22.5 Å². The van der Waals surface area contributed by atoms with E-state index in [0.29, 0.717) is 6.42 Å². The number of ketones is 1. The largest absolute Gasteiger partial charge is 0.295 e. The van der Waals surface area contributed by atoms with E-state index in [1.807, 2.05) is 25.1 Å². The van der Waals surface area contributed by atoms with Crippen LogP contribution in [0, 0.1) is 6.92 Å². The summed E-state index contributed by atoms with van der Waals surface area (Å²) in [6.45, 7) is 5.46. The van der Waals surface area contributed by atoms with Crippen molar-refractivity contribution in [3.05, 3.63) is 46.5 Å². The zero-order valence-corrected chi connectivity index (χ0v) is 9.10. The molecular weight excluding hydrogens is 228 g/mol. The molecule has 0 fully saturated rings. The van der Waals surface area contributed by atoms with Crippen molar-refractivity contribution in [3.63, 3.8) is 0 Å². The molecule has 0 aliphatic carbocycles. The lowest BCUT2D eigenvalue weighted by atomic mass is 10.1. The highest BCUT2D eigenvalue weighted by atomic mass is 79.9. The molecule has 0 spiro atoms. The van der Waals surface area contributed by atoms with E-state index in [9.17, 15) is 4.79 Å². The van der Waals surface area contributed by atoms with Crippen LogP contribution in [0.15, 0.2) is 35.3 Å². The second-order valence-electron chi connectivity index (χ2n) is 2.94. The normalized spacial score (nSPS) is 9.69. The molecule has 0 heterocycles. The maximum absolute atomic E-state index is 11.1. The Morgan fingerprint density at radius 2 is 2.31 bits per heavy atom. The Kier molecular flexibility index (Phi) is 3.43. The molecule has 0 unspecified atom stereocenters. The third kappa shape index (κ3) is 2.81. The van der Waals surface area contributed by atoms with Crippen molar-refractivity contribution < 1.29 is 4.79 Å². The first kappa shape index (κ1) is 10.2. The molecule has 1 rings (SSSR count). The summed E-state index contributed by atoms with van der Waals surface area (Å²) in [4.78, 5) is 11.1. The zero-order valence-electron chi connectivity index (χ0n) is 7.51. The van der Waals surface area contributed by atoms with E-state index in [1.54, 1.807) is 0 Å². The number of carbonyl (C=O) groups excluding carboxylic acids is 1. The smallest absolute Gasteiger partial charge is 0.159 e. The van der Waals surface area contributed by atoms with Gasteiger partial charge in [0.25, 0.3) is 0 Å². The van der Waals surface area contributed by atoms with E-state index in [-0.39, 0.29) is 5.78 Å². The molecule has 1 aromatic rings. The molecule has 2 heteroatoms. The van der Waals surface area contributed by atoms with Crippen LogP contribution in [-0.2, 0) is 11.2 Å². The minimum atomic E-state index is 0.0459. The van der Waals surface area contributed by atoms with Gasteiger partial charge in [-0.1, -0.05) is 34.6 Å². The molecule has 68 valence electrons.